The van der Waals surface area contributed by atoms with Crippen molar-refractivity contribution in [3.63, 3.8) is 0 Å². The van der Waals surface area contributed by atoms with Crippen LogP contribution in [0.1, 0.15) is 13.3 Å². The molecule has 0 radical (unpaired) electrons. The predicted octanol–water partition coefficient (Wildman–Crippen LogP) is 9.32. The Morgan fingerprint density at radius 1 is 0.516 bits per heavy atom. The Bertz CT molecular complexity index is 2410. The van der Waals surface area contributed by atoms with Gasteiger partial charge in [-0.3, -0.25) is 4.79 Å². The third-order valence-corrected chi connectivity index (χ3v) is 7.68. The number of amides is 6. The van der Waals surface area contributed by atoms with Crippen molar-refractivity contribution in [2.75, 3.05) is 39.7 Å². The van der Waals surface area contributed by atoms with E-state index in [1.54, 1.807) is 55.5 Å². The first-order valence-corrected chi connectivity index (χ1v) is 18.5. The Balaban J connectivity index is 0.000000208. The standard InChI is InChI=1S/C19H15FN2O3.C13H11FN2O2.C12H16N2O5/c20-17-12-14(8-11-18(17)23)22-19(24)21-13-6-9-16(10-7-13)25-15-4-2-1-3-5-15;14-11-8-10(6-7-12(11)17)16-13(18)15-9-4-2-1-3-5-9;1-2-19-11(17)5-6-13-12(18)14-9-4-3-8(15)7-10(9)16/h1-12,23H,(H2,21,22,24);1-8,17H,(H2,15,16,18);3-4,7,15-16H,2,5-6H2,1H3,(H2,13,14,18). The summed E-state index contributed by atoms with van der Waals surface area (Å²) in [5.41, 5.74) is 1.84. The first-order valence-electron chi connectivity index (χ1n) is 18.5. The molecular formula is C44H42F2N6O10. The number of ether oxygens (including phenoxy) is 2. The summed E-state index contributed by atoms with van der Waals surface area (Å²) >= 11 is 0. The number of aromatic hydroxyl groups is 4. The van der Waals surface area contributed by atoms with Gasteiger partial charge in [-0.2, -0.15) is 0 Å². The number of halogens is 2. The van der Waals surface area contributed by atoms with Crippen LogP contribution in [0.3, 0.4) is 0 Å². The van der Waals surface area contributed by atoms with Crippen LogP contribution in [0.5, 0.6) is 34.5 Å². The molecular weight excluding hydrogens is 811 g/mol. The zero-order valence-electron chi connectivity index (χ0n) is 32.9. The lowest BCUT2D eigenvalue weighted by Crippen LogP contribution is -2.30. The maximum atomic E-state index is 13.2. The number of rotatable bonds is 11. The summed E-state index contributed by atoms with van der Waals surface area (Å²) in [5.74, 6) is -1.91. The van der Waals surface area contributed by atoms with E-state index in [2.05, 4.69) is 31.9 Å². The number of benzene rings is 6. The molecule has 0 aliphatic carbocycles. The molecule has 0 unspecified atom stereocenters. The van der Waals surface area contributed by atoms with Gasteiger partial charge in [-0.1, -0.05) is 36.4 Å². The van der Waals surface area contributed by atoms with Crippen molar-refractivity contribution in [3.8, 4) is 34.5 Å². The van der Waals surface area contributed by atoms with Gasteiger partial charge < -0.3 is 61.8 Å². The molecule has 6 rings (SSSR count). The Hall–Kier alpha value is -8.54. The molecule has 16 nitrogen and oxygen atoms in total. The van der Waals surface area contributed by atoms with Crippen molar-refractivity contribution >= 4 is 52.5 Å². The summed E-state index contributed by atoms with van der Waals surface area (Å²) in [6.07, 6.45) is 0.0722. The van der Waals surface area contributed by atoms with Gasteiger partial charge in [0.25, 0.3) is 0 Å². The van der Waals surface area contributed by atoms with Gasteiger partial charge in [0.05, 0.1) is 18.7 Å². The molecule has 0 fully saturated rings. The monoisotopic (exact) mass is 852 g/mol. The second-order valence-electron chi connectivity index (χ2n) is 12.4. The number of carbonyl (C=O) groups excluding carboxylic acids is 4. The third kappa shape index (κ3) is 16.4. The quantitative estimate of drug-likeness (QED) is 0.0336. The normalized spacial score (nSPS) is 9.92. The number of carbonyl (C=O) groups is 4. The van der Waals surface area contributed by atoms with Gasteiger partial charge in [-0.25, -0.2) is 23.2 Å². The molecule has 0 bridgehead atoms. The van der Waals surface area contributed by atoms with Gasteiger partial charge >= 0.3 is 24.1 Å². The molecule has 0 spiro atoms. The van der Waals surface area contributed by atoms with E-state index in [-0.39, 0.29) is 41.5 Å². The number of anilines is 5. The Kier molecular flexibility index (Phi) is 17.7. The fourth-order valence-corrected chi connectivity index (χ4v) is 4.81. The summed E-state index contributed by atoms with van der Waals surface area (Å²) < 4.78 is 36.6. The number of hydrogen-bond donors (Lipinski definition) is 10. The highest BCUT2D eigenvalue weighted by Crippen LogP contribution is 2.27. The van der Waals surface area contributed by atoms with Crippen LogP contribution >= 0.6 is 0 Å². The van der Waals surface area contributed by atoms with Crippen LogP contribution in [0.15, 0.2) is 140 Å². The minimum absolute atomic E-state index is 0.0722. The van der Waals surface area contributed by atoms with Crippen LogP contribution in [-0.2, 0) is 9.53 Å². The van der Waals surface area contributed by atoms with Crippen LogP contribution in [0, 0.1) is 11.6 Å². The second kappa shape index (κ2) is 23.8. The molecule has 0 aliphatic heterocycles. The molecule has 18 heteroatoms. The Morgan fingerprint density at radius 3 is 1.52 bits per heavy atom. The first-order chi connectivity index (χ1) is 29.8. The van der Waals surface area contributed by atoms with E-state index < -0.39 is 47.2 Å². The van der Waals surface area contributed by atoms with Crippen LogP contribution in [0.4, 0.5) is 51.6 Å². The molecule has 0 atom stereocenters. The van der Waals surface area contributed by atoms with Crippen LogP contribution in [0.2, 0.25) is 0 Å². The molecule has 6 aromatic rings. The highest BCUT2D eigenvalue weighted by Gasteiger charge is 2.10. The van der Waals surface area contributed by atoms with E-state index >= 15 is 0 Å². The largest absolute Gasteiger partial charge is 0.508 e. The summed E-state index contributed by atoms with van der Waals surface area (Å²) in [5, 5.41) is 51.6. The lowest BCUT2D eigenvalue weighted by molar-refractivity contribution is -0.142. The number of nitrogens with one attached hydrogen (secondary N) is 6. The molecule has 6 aromatic carbocycles. The van der Waals surface area contributed by atoms with Crippen molar-refractivity contribution in [3.05, 3.63) is 151 Å². The van der Waals surface area contributed by atoms with Gasteiger partial charge in [0.15, 0.2) is 23.1 Å². The van der Waals surface area contributed by atoms with Gasteiger partial charge in [0.2, 0.25) is 0 Å². The van der Waals surface area contributed by atoms with Crippen molar-refractivity contribution < 1.29 is 57.9 Å². The third-order valence-electron chi connectivity index (χ3n) is 7.68. The average Bonchev–Trinajstić information content (AvgIpc) is 3.24. The van der Waals surface area contributed by atoms with Crippen molar-refractivity contribution in [1.29, 1.82) is 0 Å². The van der Waals surface area contributed by atoms with E-state index in [0.29, 0.717) is 23.7 Å². The summed E-state index contributed by atoms with van der Waals surface area (Å²) in [6.45, 7) is 2.13. The minimum atomic E-state index is -0.805. The maximum absolute atomic E-state index is 13.2. The fraction of sp³-hybridized carbons (Fsp3) is 0.0909. The summed E-state index contributed by atoms with van der Waals surface area (Å²) in [4.78, 5) is 45.9. The van der Waals surface area contributed by atoms with Gasteiger partial charge in [0, 0.05) is 47.5 Å². The number of urea groups is 3. The highest BCUT2D eigenvalue weighted by atomic mass is 19.1. The zero-order chi connectivity index (χ0) is 44.9. The Labute approximate surface area is 353 Å². The zero-order valence-corrected chi connectivity index (χ0v) is 32.9. The van der Waals surface area contributed by atoms with Gasteiger partial charge in [-0.15, -0.1) is 0 Å². The molecule has 6 amide bonds. The number of hydrogen-bond acceptors (Lipinski definition) is 10. The number of para-hydroxylation sites is 2. The van der Waals surface area contributed by atoms with E-state index in [1.807, 2.05) is 36.4 Å². The lowest BCUT2D eigenvalue weighted by atomic mass is 10.3. The molecule has 0 aliphatic rings. The molecule has 0 heterocycles. The van der Waals surface area contributed by atoms with Crippen LogP contribution in [0.25, 0.3) is 0 Å². The predicted molar refractivity (Wildman–Crippen MR) is 229 cm³/mol. The van der Waals surface area contributed by atoms with E-state index in [0.717, 1.165) is 23.9 Å². The second-order valence-corrected chi connectivity index (χ2v) is 12.4. The summed E-state index contributed by atoms with van der Waals surface area (Å²) in [7, 11) is 0. The summed E-state index contributed by atoms with van der Waals surface area (Å²) in [6, 6.07) is 34.5. The van der Waals surface area contributed by atoms with Gasteiger partial charge in [-0.05, 0) is 91.9 Å². The highest BCUT2D eigenvalue weighted by molar-refractivity contribution is 6.00. The number of phenolic OH excluding ortho intramolecular Hbond substituents is 4. The SMILES string of the molecule is CCOC(=O)CCNC(=O)Nc1ccc(O)cc1O.O=C(Nc1ccc(Oc2ccccc2)cc1)Nc1ccc(O)c(F)c1.O=C(Nc1ccccc1)Nc1ccc(O)c(F)c1. The Morgan fingerprint density at radius 2 is 1.00 bits per heavy atom. The van der Waals surface area contributed by atoms with Crippen LogP contribution < -0.4 is 36.6 Å². The molecule has 0 saturated carbocycles. The maximum Gasteiger partial charge on any atom is 0.323 e. The van der Waals surface area contributed by atoms with Gasteiger partial charge in [0.1, 0.15) is 23.0 Å². The lowest BCUT2D eigenvalue weighted by Gasteiger charge is -2.09. The van der Waals surface area contributed by atoms with Crippen LogP contribution in [-0.4, -0.2) is 57.6 Å². The number of phenols is 4. The molecule has 322 valence electrons. The molecule has 62 heavy (non-hydrogen) atoms. The van der Waals surface area contributed by atoms with E-state index in [9.17, 15) is 33.1 Å². The average molecular weight is 853 g/mol. The molecule has 10 N–H and O–H groups in total. The minimum Gasteiger partial charge on any atom is -0.508 e. The van der Waals surface area contributed by atoms with E-state index in [1.165, 1.54) is 36.4 Å². The van der Waals surface area contributed by atoms with Crippen molar-refractivity contribution in [2.24, 2.45) is 0 Å². The van der Waals surface area contributed by atoms with Crippen molar-refractivity contribution in [1.82, 2.24) is 5.32 Å². The fourth-order valence-electron chi connectivity index (χ4n) is 4.81. The number of esters is 1. The first kappa shape index (κ1) is 46.2. The smallest absolute Gasteiger partial charge is 0.323 e. The molecule has 0 aromatic heterocycles. The van der Waals surface area contributed by atoms with Crippen molar-refractivity contribution in [2.45, 2.75) is 13.3 Å². The van der Waals surface area contributed by atoms with E-state index in [4.69, 9.17) is 24.8 Å². The topological polar surface area (TPSA) is 240 Å². The molecule has 0 saturated heterocycles.